The molecule has 1 amide bonds. The highest BCUT2D eigenvalue weighted by molar-refractivity contribution is 7.93. The van der Waals surface area contributed by atoms with Crippen LogP contribution in [0.5, 0.6) is 0 Å². The van der Waals surface area contributed by atoms with Crippen LogP contribution >= 0.6 is 0 Å². The fourth-order valence-corrected chi connectivity index (χ4v) is 3.25. The van der Waals surface area contributed by atoms with Crippen LogP contribution in [0.1, 0.15) is 34.5 Å². The topological polar surface area (TPSA) is 75.3 Å². The Kier molecular flexibility index (Phi) is 7.30. The number of anilines is 1. The molecule has 0 aliphatic carbocycles. The maximum Gasteiger partial charge on any atom is 0.412 e. The van der Waals surface area contributed by atoms with Gasteiger partial charge in [0.15, 0.2) is 9.84 Å². The molecule has 30 heavy (non-hydrogen) atoms. The number of amides is 1. The second kappa shape index (κ2) is 9.34. The number of rotatable bonds is 7. The number of benzene rings is 2. The van der Waals surface area contributed by atoms with E-state index in [1.54, 1.807) is 32.0 Å². The minimum Gasteiger partial charge on any atom is -0.370 e. The SMILES string of the molecule is Cc1ccccc1C(Nc1ccc(C(=O)N[C@H](C)/C=C/S(C)(=O)=O)cc1)C(F)(F)F. The molecule has 162 valence electrons. The summed E-state index contributed by atoms with van der Waals surface area (Å²) < 4.78 is 63.1. The van der Waals surface area contributed by atoms with Crippen LogP contribution in [0.2, 0.25) is 0 Å². The first-order chi connectivity index (χ1) is 13.9. The molecule has 2 N–H and O–H groups in total. The van der Waals surface area contributed by atoms with E-state index in [9.17, 15) is 26.4 Å². The predicted molar refractivity (Wildman–Crippen MR) is 111 cm³/mol. The van der Waals surface area contributed by atoms with E-state index in [0.29, 0.717) is 5.56 Å². The van der Waals surface area contributed by atoms with Crippen molar-refractivity contribution in [2.45, 2.75) is 32.1 Å². The van der Waals surface area contributed by atoms with Crippen LogP contribution in [0.4, 0.5) is 18.9 Å². The maximum absolute atomic E-state index is 13.6. The number of sulfone groups is 1. The van der Waals surface area contributed by atoms with E-state index in [1.807, 2.05) is 0 Å². The lowest BCUT2D eigenvalue weighted by Gasteiger charge is -2.24. The Hall–Kier alpha value is -2.81. The Bertz CT molecular complexity index is 1020. The molecule has 0 radical (unpaired) electrons. The molecule has 1 unspecified atom stereocenters. The van der Waals surface area contributed by atoms with Gasteiger partial charge in [0.25, 0.3) is 5.91 Å². The highest BCUT2D eigenvalue weighted by Crippen LogP contribution is 2.37. The highest BCUT2D eigenvalue weighted by atomic mass is 32.2. The molecule has 0 aliphatic rings. The minimum absolute atomic E-state index is 0.123. The van der Waals surface area contributed by atoms with Crippen LogP contribution in [-0.2, 0) is 9.84 Å². The molecular formula is C21H23F3N2O3S. The summed E-state index contributed by atoms with van der Waals surface area (Å²) in [6, 6.07) is 9.41. The summed E-state index contributed by atoms with van der Waals surface area (Å²) in [5.74, 6) is -0.474. The second-order valence-corrected chi connectivity index (χ2v) is 8.90. The monoisotopic (exact) mass is 440 g/mol. The van der Waals surface area contributed by atoms with Gasteiger partial charge in [0.1, 0.15) is 6.04 Å². The Morgan fingerprint density at radius 3 is 2.20 bits per heavy atom. The molecule has 9 heteroatoms. The molecule has 0 bridgehead atoms. The molecule has 0 spiro atoms. The van der Waals surface area contributed by atoms with Gasteiger partial charge in [-0.25, -0.2) is 8.42 Å². The van der Waals surface area contributed by atoms with Gasteiger partial charge in [0.05, 0.1) is 0 Å². The van der Waals surface area contributed by atoms with Crippen LogP contribution < -0.4 is 10.6 Å². The zero-order valence-electron chi connectivity index (χ0n) is 16.7. The van der Waals surface area contributed by atoms with Gasteiger partial charge in [0.2, 0.25) is 0 Å². The van der Waals surface area contributed by atoms with Crippen LogP contribution in [-0.4, -0.2) is 32.8 Å². The van der Waals surface area contributed by atoms with Gasteiger partial charge in [-0.1, -0.05) is 30.3 Å². The summed E-state index contributed by atoms with van der Waals surface area (Å²) in [6.07, 6.45) is -2.14. The van der Waals surface area contributed by atoms with E-state index in [4.69, 9.17) is 0 Å². The fourth-order valence-electron chi connectivity index (χ4n) is 2.73. The van der Waals surface area contributed by atoms with Crippen molar-refractivity contribution >= 4 is 21.4 Å². The van der Waals surface area contributed by atoms with Gasteiger partial charge < -0.3 is 10.6 Å². The van der Waals surface area contributed by atoms with Crippen LogP contribution in [0.3, 0.4) is 0 Å². The first-order valence-corrected chi connectivity index (χ1v) is 11.0. The fraction of sp³-hybridized carbons (Fsp3) is 0.286. The standard InChI is InChI=1S/C21H23F3N2O3S/c1-14-6-4-5-7-18(14)19(21(22,23)24)26-17-10-8-16(9-11-17)20(27)25-15(2)12-13-30(3,28)29/h4-13,15,19,26H,1-3H3,(H,25,27)/b13-12+/t15-,19?/m1/s1. The molecular weight excluding hydrogens is 417 g/mol. The second-order valence-electron chi connectivity index (χ2n) is 6.97. The lowest BCUT2D eigenvalue weighted by atomic mass is 10.0. The molecule has 5 nitrogen and oxygen atoms in total. The van der Waals surface area contributed by atoms with Gasteiger partial charge in [0, 0.05) is 29.0 Å². The Balaban J connectivity index is 2.13. The number of carbonyl (C=O) groups excluding carboxylic acids is 1. The maximum atomic E-state index is 13.6. The summed E-state index contributed by atoms with van der Waals surface area (Å²) in [4.78, 5) is 12.2. The van der Waals surface area contributed by atoms with Crippen molar-refractivity contribution in [3.05, 3.63) is 76.7 Å². The number of alkyl halides is 3. The van der Waals surface area contributed by atoms with Gasteiger partial charge in [-0.2, -0.15) is 13.2 Å². The van der Waals surface area contributed by atoms with Crippen LogP contribution in [0, 0.1) is 6.92 Å². The van der Waals surface area contributed by atoms with Crippen molar-refractivity contribution in [2.75, 3.05) is 11.6 Å². The quantitative estimate of drug-likeness (QED) is 0.670. The van der Waals surface area contributed by atoms with Gasteiger partial charge in [-0.15, -0.1) is 0 Å². The van der Waals surface area contributed by atoms with E-state index in [1.165, 1.54) is 36.4 Å². The van der Waals surface area contributed by atoms with Crippen LogP contribution in [0.25, 0.3) is 0 Å². The molecule has 0 heterocycles. The Morgan fingerprint density at radius 1 is 1.07 bits per heavy atom. The van der Waals surface area contributed by atoms with E-state index in [2.05, 4.69) is 10.6 Å². The third-order valence-electron chi connectivity index (χ3n) is 4.26. The summed E-state index contributed by atoms with van der Waals surface area (Å²) in [5, 5.41) is 6.08. The molecule has 2 aromatic carbocycles. The number of hydrogen-bond donors (Lipinski definition) is 2. The van der Waals surface area contributed by atoms with Gasteiger partial charge in [-0.3, -0.25) is 4.79 Å². The average Bonchev–Trinajstić information content (AvgIpc) is 2.64. The third-order valence-corrected chi connectivity index (χ3v) is 4.91. The molecule has 2 rings (SSSR count). The molecule has 2 aromatic rings. The van der Waals surface area contributed by atoms with E-state index >= 15 is 0 Å². The van der Waals surface area contributed by atoms with E-state index in [-0.39, 0.29) is 16.8 Å². The van der Waals surface area contributed by atoms with E-state index in [0.717, 1.165) is 11.7 Å². The van der Waals surface area contributed by atoms with Gasteiger partial charge >= 0.3 is 6.18 Å². The molecule has 0 fully saturated rings. The third kappa shape index (κ3) is 6.91. The summed E-state index contributed by atoms with van der Waals surface area (Å²) >= 11 is 0. The highest BCUT2D eigenvalue weighted by Gasteiger charge is 2.41. The zero-order valence-corrected chi connectivity index (χ0v) is 17.5. The Morgan fingerprint density at radius 2 is 1.67 bits per heavy atom. The lowest BCUT2D eigenvalue weighted by Crippen LogP contribution is -2.31. The van der Waals surface area contributed by atoms with Crippen molar-refractivity contribution in [3.63, 3.8) is 0 Å². The predicted octanol–water partition coefficient (Wildman–Crippen LogP) is 4.39. The van der Waals surface area contributed by atoms with Crippen molar-refractivity contribution in [3.8, 4) is 0 Å². The number of nitrogens with one attached hydrogen (secondary N) is 2. The minimum atomic E-state index is -4.51. The molecule has 0 saturated heterocycles. The molecule has 0 aromatic heterocycles. The number of carbonyl (C=O) groups is 1. The number of hydrogen-bond acceptors (Lipinski definition) is 4. The summed E-state index contributed by atoms with van der Waals surface area (Å²) in [7, 11) is -3.31. The smallest absolute Gasteiger partial charge is 0.370 e. The number of halogens is 3. The summed E-state index contributed by atoms with van der Waals surface area (Å²) in [6.45, 7) is 3.22. The largest absolute Gasteiger partial charge is 0.412 e. The van der Waals surface area contributed by atoms with Gasteiger partial charge in [-0.05, 0) is 49.2 Å². The zero-order chi connectivity index (χ0) is 22.5. The van der Waals surface area contributed by atoms with Crippen molar-refractivity contribution in [1.82, 2.24) is 5.32 Å². The first-order valence-electron chi connectivity index (χ1n) is 9.05. The first kappa shape index (κ1) is 23.5. The normalized spacial score (nSPS) is 14.3. The molecule has 2 atom stereocenters. The van der Waals surface area contributed by atoms with Crippen molar-refractivity contribution in [2.24, 2.45) is 0 Å². The van der Waals surface area contributed by atoms with E-state index < -0.39 is 34.0 Å². The lowest BCUT2D eigenvalue weighted by molar-refractivity contribution is -0.144. The van der Waals surface area contributed by atoms with Crippen molar-refractivity contribution < 1.29 is 26.4 Å². The Labute approximate surface area is 173 Å². The van der Waals surface area contributed by atoms with Crippen LogP contribution in [0.15, 0.2) is 60.0 Å². The van der Waals surface area contributed by atoms with Crippen molar-refractivity contribution in [1.29, 1.82) is 0 Å². The average molecular weight is 440 g/mol. The molecule has 0 saturated carbocycles. The summed E-state index contributed by atoms with van der Waals surface area (Å²) in [5.41, 5.74) is 1.08. The molecule has 0 aliphatic heterocycles. The number of aryl methyl sites for hydroxylation is 1.